The minimum atomic E-state index is 0.283. The average molecular weight is 206 g/mol. The van der Waals surface area contributed by atoms with Gasteiger partial charge < -0.3 is 0 Å². The summed E-state index contributed by atoms with van der Waals surface area (Å²) in [5.74, 6) is 1.35. The fourth-order valence-electron chi connectivity index (χ4n) is 2.39. The number of hydrogen-bond donors (Lipinski definition) is 0. The Morgan fingerprint density at radius 2 is 1.87 bits per heavy atom. The molecule has 1 rings (SSSR count). The van der Waals surface area contributed by atoms with Crippen LogP contribution < -0.4 is 0 Å². The van der Waals surface area contributed by atoms with Crippen molar-refractivity contribution >= 4 is 5.78 Å². The number of ketones is 1. The van der Waals surface area contributed by atoms with Crippen LogP contribution in [0.1, 0.15) is 46.0 Å². The van der Waals surface area contributed by atoms with Gasteiger partial charge in [-0.05, 0) is 45.4 Å². The van der Waals surface area contributed by atoms with Gasteiger partial charge in [0, 0.05) is 12.3 Å². The molecule has 1 nitrogen and oxygen atoms in total. The van der Waals surface area contributed by atoms with E-state index in [0.717, 1.165) is 25.7 Å². The van der Waals surface area contributed by atoms with E-state index in [2.05, 4.69) is 24.3 Å². The van der Waals surface area contributed by atoms with Gasteiger partial charge in [0.05, 0.1) is 0 Å². The van der Waals surface area contributed by atoms with Crippen LogP contribution in [0, 0.1) is 11.8 Å². The number of Topliss-reactive ketones (excluding diaryl/α,β-unsaturated/α-hetero) is 1. The predicted octanol–water partition coefficient (Wildman–Crippen LogP) is 3.90. The van der Waals surface area contributed by atoms with Gasteiger partial charge in [-0.1, -0.05) is 24.3 Å². The summed E-state index contributed by atoms with van der Waals surface area (Å²) in [6, 6.07) is 0. The summed E-state index contributed by atoms with van der Waals surface area (Å²) in [5, 5.41) is 0. The molecule has 1 aliphatic rings. The highest BCUT2D eigenvalue weighted by atomic mass is 16.1. The Bertz CT molecular complexity index is 250. The third-order valence-corrected chi connectivity index (χ3v) is 3.28. The van der Waals surface area contributed by atoms with Gasteiger partial charge in [0.15, 0.2) is 0 Å². The van der Waals surface area contributed by atoms with Crippen molar-refractivity contribution in [2.75, 3.05) is 0 Å². The molecule has 0 aromatic heterocycles. The molecule has 0 bridgehead atoms. The Balaban J connectivity index is 2.59. The Hall–Kier alpha value is -0.850. The summed E-state index contributed by atoms with van der Waals surface area (Å²) in [6.07, 6.45) is 13.6. The van der Waals surface area contributed by atoms with Gasteiger partial charge in [-0.25, -0.2) is 0 Å². The minimum Gasteiger partial charge on any atom is -0.299 e. The first kappa shape index (κ1) is 12.2. The van der Waals surface area contributed by atoms with E-state index in [4.69, 9.17) is 0 Å². The summed E-state index contributed by atoms with van der Waals surface area (Å²) < 4.78 is 0. The minimum absolute atomic E-state index is 0.283. The van der Waals surface area contributed by atoms with E-state index in [1.807, 2.05) is 13.8 Å². The molecule has 0 radical (unpaired) electrons. The lowest BCUT2D eigenvalue weighted by Gasteiger charge is -2.28. The number of rotatable bonds is 4. The fraction of sp³-hybridized carbons (Fsp3) is 0.643. The first-order valence-corrected chi connectivity index (χ1v) is 6.04. The van der Waals surface area contributed by atoms with Crippen molar-refractivity contribution in [2.45, 2.75) is 46.0 Å². The molecule has 0 heterocycles. The van der Waals surface area contributed by atoms with E-state index in [1.54, 1.807) is 0 Å². The second-order valence-electron chi connectivity index (χ2n) is 4.33. The largest absolute Gasteiger partial charge is 0.299 e. The molecule has 84 valence electrons. The molecule has 0 aromatic carbocycles. The Morgan fingerprint density at radius 3 is 2.53 bits per heavy atom. The van der Waals surface area contributed by atoms with Crippen LogP contribution in [0.15, 0.2) is 24.3 Å². The van der Waals surface area contributed by atoms with E-state index in [9.17, 15) is 4.79 Å². The highest BCUT2D eigenvalue weighted by molar-refractivity contribution is 5.82. The van der Waals surface area contributed by atoms with Gasteiger partial charge in [0.25, 0.3) is 0 Å². The van der Waals surface area contributed by atoms with E-state index >= 15 is 0 Å². The van der Waals surface area contributed by atoms with Gasteiger partial charge in [-0.15, -0.1) is 0 Å². The van der Waals surface area contributed by atoms with Crippen LogP contribution >= 0.6 is 0 Å². The summed E-state index contributed by atoms with van der Waals surface area (Å²) in [6.45, 7) is 4.07. The maximum Gasteiger partial charge on any atom is 0.136 e. The van der Waals surface area contributed by atoms with Gasteiger partial charge in [-0.3, -0.25) is 4.79 Å². The highest BCUT2D eigenvalue weighted by Crippen LogP contribution is 2.32. The quantitative estimate of drug-likeness (QED) is 0.637. The molecule has 0 saturated heterocycles. The maximum absolute atomic E-state index is 11.8. The molecule has 1 heteroatoms. The maximum atomic E-state index is 11.8. The molecule has 2 atom stereocenters. The smallest absolute Gasteiger partial charge is 0.136 e. The molecule has 0 aliphatic heterocycles. The van der Waals surface area contributed by atoms with Crippen LogP contribution in [0.5, 0.6) is 0 Å². The molecule has 15 heavy (non-hydrogen) atoms. The third-order valence-electron chi connectivity index (χ3n) is 3.28. The third kappa shape index (κ3) is 3.65. The SMILES string of the molecule is C/C=C/CC1CCCC(=O)C1C/C=C/C. The molecule has 0 aromatic rings. The molecule has 0 amide bonds. The molecule has 1 fully saturated rings. The topological polar surface area (TPSA) is 17.1 Å². The summed E-state index contributed by atoms with van der Waals surface area (Å²) in [7, 11) is 0. The number of carbonyl (C=O) groups excluding carboxylic acids is 1. The molecule has 1 aliphatic carbocycles. The van der Waals surface area contributed by atoms with Gasteiger partial charge in [-0.2, -0.15) is 0 Å². The number of carbonyl (C=O) groups is 1. The van der Waals surface area contributed by atoms with E-state index < -0.39 is 0 Å². The van der Waals surface area contributed by atoms with Gasteiger partial charge >= 0.3 is 0 Å². The van der Waals surface area contributed by atoms with E-state index in [0.29, 0.717) is 11.7 Å². The first-order chi connectivity index (χ1) is 7.29. The normalized spacial score (nSPS) is 28.0. The van der Waals surface area contributed by atoms with E-state index in [1.165, 1.54) is 6.42 Å². The zero-order valence-electron chi connectivity index (χ0n) is 9.91. The Morgan fingerprint density at radius 1 is 1.20 bits per heavy atom. The van der Waals surface area contributed by atoms with Crippen LogP contribution in [-0.2, 0) is 4.79 Å². The average Bonchev–Trinajstić information content (AvgIpc) is 2.25. The molecule has 0 spiro atoms. The van der Waals surface area contributed by atoms with Crippen LogP contribution in [0.4, 0.5) is 0 Å². The van der Waals surface area contributed by atoms with Crippen LogP contribution in [0.3, 0.4) is 0 Å². The van der Waals surface area contributed by atoms with Gasteiger partial charge in [0.1, 0.15) is 5.78 Å². The van der Waals surface area contributed by atoms with Crippen molar-refractivity contribution < 1.29 is 4.79 Å². The van der Waals surface area contributed by atoms with Crippen molar-refractivity contribution in [3.63, 3.8) is 0 Å². The second kappa shape index (κ2) is 6.60. The molecule has 0 N–H and O–H groups in total. The monoisotopic (exact) mass is 206 g/mol. The molecular weight excluding hydrogens is 184 g/mol. The Kier molecular flexibility index (Phi) is 5.38. The number of hydrogen-bond acceptors (Lipinski definition) is 1. The van der Waals surface area contributed by atoms with E-state index in [-0.39, 0.29) is 5.92 Å². The summed E-state index contributed by atoms with van der Waals surface area (Å²) >= 11 is 0. The lowest BCUT2D eigenvalue weighted by Crippen LogP contribution is -2.27. The van der Waals surface area contributed by atoms with Crippen molar-refractivity contribution in [1.29, 1.82) is 0 Å². The standard InChI is InChI=1S/C14H22O/c1-3-5-8-12-9-7-11-14(15)13(12)10-6-4-2/h3-6,12-13H,7-11H2,1-2H3/b5-3+,6-4+. The van der Waals surface area contributed by atoms with Gasteiger partial charge in [0.2, 0.25) is 0 Å². The summed E-state index contributed by atoms with van der Waals surface area (Å²) in [5.41, 5.74) is 0. The van der Waals surface area contributed by atoms with Crippen molar-refractivity contribution in [3.8, 4) is 0 Å². The Labute approximate surface area is 93.3 Å². The fourth-order valence-corrected chi connectivity index (χ4v) is 2.39. The predicted molar refractivity (Wildman–Crippen MR) is 64.7 cm³/mol. The molecular formula is C14H22O. The van der Waals surface area contributed by atoms with Crippen molar-refractivity contribution in [2.24, 2.45) is 11.8 Å². The zero-order chi connectivity index (χ0) is 11.1. The van der Waals surface area contributed by atoms with Crippen LogP contribution in [-0.4, -0.2) is 5.78 Å². The number of allylic oxidation sites excluding steroid dienone is 4. The highest BCUT2D eigenvalue weighted by Gasteiger charge is 2.29. The van der Waals surface area contributed by atoms with Crippen LogP contribution in [0.25, 0.3) is 0 Å². The van der Waals surface area contributed by atoms with Crippen molar-refractivity contribution in [3.05, 3.63) is 24.3 Å². The zero-order valence-corrected chi connectivity index (χ0v) is 9.91. The molecule has 2 unspecified atom stereocenters. The first-order valence-electron chi connectivity index (χ1n) is 6.04. The second-order valence-corrected chi connectivity index (χ2v) is 4.33. The lowest BCUT2D eigenvalue weighted by molar-refractivity contribution is -0.126. The van der Waals surface area contributed by atoms with Crippen LogP contribution in [0.2, 0.25) is 0 Å². The molecule has 1 saturated carbocycles. The lowest BCUT2D eigenvalue weighted by atomic mass is 9.75. The van der Waals surface area contributed by atoms with Crippen molar-refractivity contribution in [1.82, 2.24) is 0 Å². The summed E-state index contributed by atoms with van der Waals surface area (Å²) in [4.78, 5) is 11.8.